The van der Waals surface area contributed by atoms with E-state index in [-0.39, 0.29) is 11.9 Å². The van der Waals surface area contributed by atoms with E-state index in [1.54, 1.807) is 11.8 Å². The van der Waals surface area contributed by atoms with E-state index >= 15 is 0 Å². The van der Waals surface area contributed by atoms with Crippen molar-refractivity contribution in [2.45, 2.75) is 49.4 Å². The topological polar surface area (TPSA) is 41.5 Å². The van der Waals surface area contributed by atoms with Crippen molar-refractivity contribution in [3.8, 4) is 0 Å². The fraction of sp³-hybridized carbons (Fsp3) is 0.231. The third kappa shape index (κ3) is 4.34. The molecule has 1 amide bonds. The highest BCUT2D eigenvalue weighted by Gasteiger charge is 2.19. The van der Waals surface area contributed by atoms with Gasteiger partial charge in [-0.2, -0.15) is 0 Å². The summed E-state index contributed by atoms with van der Waals surface area (Å²) in [4.78, 5) is 20.2. The summed E-state index contributed by atoms with van der Waals surface area (Å²) >= 11 is 1.73. The zero-order valence-corrected chi connectivity index (χ0v) is 18.4. The molecule has 3 aromatic carbocycles. The van der Waals surface area contributed by atoms with Crippen LogP contribution in [0.1, 0.15) is 59.8 Å². The maximum Gasteiger partial charge on any atom is 0.251 e. The molecule has 152 valence electrons. The van der Waals surface area contributed by atoms with Crippen molar-refractivity contribution in [2.75, 3.05) is 0 Å². The highest BCUT2D eigenvalue weighted by Crippen LogP contribution is 2.41. The Bertz CT molecular complexity index is 1110. The van der Waals surface area contributed by atoms with E-state index < -0.39 is 0 Å². The summed E-state index contributed by atoms with van der Waals surface area (Å²) in [5.41, 5.74) is 6.14. The van der Waals surface area contributed by atoms with Crippen LogP contribution in [0.4, 0.5) is 5.69 Å². The number of nitrogens with one attached hydrogen (secondary N) is 1. The van der Waals surface area contributed by atoms with Crippen molar-refractivity contribution in [3.05, 3.63) is 89.0 Å². The van der Waals surface area contributed by atoms with Crippen molar-refractivity contribution in [2.24, 2.45) is 4.99 Å². The van der Waals surface area contributed by atoms with Gasteiger partial charge in [0, 0.05) is 26.6 Å². The molecule has 0 fully saturated rings. The molecule has 1 N–H and O–H groups in total. The van der Waals surface area contributed by atoms with Gasteiger partial charge in [0.2, 0.25) is 0 Å². The third-order valence-electron chi connectivity index (χ3n) is 5.28. The smallest absolute Gasteiger partial charge is 0.251 e. The molecular weight excluding hydrogens is 388 g/mol. The van der Waals surface area contributed by atoms with E-state index in [9.17, 15) is 4.79 Å². The third-order valence-corrected chi connectivity index (χ3v) is 6.42. The van der Waals surface area contributed by atoms with Crippen molar-refractivity contribution < 1.29 is 4.79 Å². The number of benzene rings is 3. The van der Waals surface area contributed by atoms with Crippen molar-refractivity contribution in [3.63, 3.8) is 0 Å². The Hall–Kier alpha value is -2.85. The largest absolute Gasteiger partial charge is 0.346 e. The lowest BCUT2D eigenvalue weighted by Crippen LogP contribution is -2.26. The first-order chi connectivity index (χ1) is 14.5. The fourth-order valence-corrected chi connectivity index (χ4v) is 4.65. The van der Waals surface area contributed by atoms with Crippen molar-refractivity contribution >= 4 is 29.1 Å². The van der Waals surface area contributed by atoms with Crippen molar-refractivity contribution in [1.29, 1.82) is 0 Å². The lowest BCUT2D eigenvalue weighted by atomic mass is 10.0. The average Bonchev–Trinajstić information content (AvgIpc) is 2.90. The van der Waals surface area contributed by atoms with E-state index in [1.807, 2.05) is 55.5 Å². The summed E-state index contributed by atoms with van der Waals surface area (Å²) in [5.74, 6) is -0.0796. The summed E-state index contributed by atoms with van der Waals surface area (Å²) in [5, 5.41) is 3.10. The van der Waals surface area contributed by atoms with Crippen LogP contribution in [0.15, 0.2) is 81.5 Å². The number of rotatable bonds is 5. The molecular formula is C26H26N2OS. The van der Waals surface area contributed by atoms with Crippen LogP contribution in [-0.4, -0.2) is 11.6 Å². The summed E-state index contributed by atoms with van der Waals surface area (Å²) in [6, 6.07) is 22.3. The van der Waals surface area contributed by atoms with Gasteiger partial charge in [0.25, 0.3) is 5.91 Å². The number of carbonyl (C=O) groups excluding carboxylic acids is 1. The Labute approximate surface area is 182 Å². The Kier molecular flexibility index (Phi) is 6.05. The molecule has 1 aliphatic heterocycles. The van der Waals surface area contributed by atoms with Gasteiger partial charge in [-0.3, -0.25) is 9.79 Å². The fourth-order valence-electron chi connectivity index (χ4n) is 3.65. The van der Waals surface area contributed by atoms with Gasteiger partial charge in [0.15, 0.2) is 0 Å². The van der Waals surface area contributed by atoms with Crippen molar-refractivity contribution in [1.82, 2.24) is 5.32 Å². The molecule has 0 aromatic heterocycles. The van der Waals surface area contributed by atoms with E-state index in [4.69, 9.17) is 4.99 Å². The summed E-state index contributed by atoms with van der Waals surface area (Å²) in [6.07, 6.45) is 1.94. The standard InChI is InChI=1S/C26H26N2OS/c1-4-8-22-21-15-17(2)11-13-24(21)30-25-14-12-20(16-23(25)28-22)26(29)27-18(3)19-9-6-5-7-10-19/h5-7,9-16,18H,4,8H2,1-3H3,(H,27,29)/t18-/m1/s1. The van der Waals surface area contributed by atoms with Crippen LogP contribution in [0.2, 0.25) is 0 Å². The van der Waals surface area contributed by atoms with Crippen LogP contribution in [0.3, 0.4) is 0 Å². The quantitative estimate of drug-likeness (QED) is 0.495. The Balaban J connectivity index is 1.65. The highest BCUT2D eigenvalue weighted by molar-refractivity contribution is 7.99. The minimum absolute atomic E-state index is 0.0572. The second-order valence-corrected chi connectivity index (χ2v) is 8.78. The zero-order valence-electron chi connectivity index (χ0n) is 17.6. The van der Waals surface area contributed by atoms with Gasteiger partial charge in [-0.15, -0.1) is 0 Å². The lowest BCUT2D eigenvalue weighted by Gasteiger charge is -2.15. The molecule has 0 unspecified atom stereocenters. The predicted octanol–water partition coefficient (Wildman–Crippen LogP) is 6.87. The molecule has 1 heterocycles. The van der Waals surface area contributed by atoms with Crippen LogP contribution in [0, 0.1) is 6.92 Å². The monoisotopic (exact) mass is 414 g/mol. The Morgan fingerprint density at radius 2 is 1.80 bits per heavy atom. The van der Waals surface area contributed by atoms with E-state index in [1.165, 1.54) is 16.0 Å². The molecule has 0 saturated carbocycles. The van der Waals surface area contributed by atoms with Gasteiger partial charge >= 0.3 is 0 Å². The molecule has 1 atom stereocenters. The average molecular weight is 415 g/mol. The van der Waals surface area contributed by atoms with Crippen LogP contribution in [-0.2, 0) is 0 Å². The molecule has 0 aliphatic carbocycles. The second-order valence-electron chi connectivity index (χ2n) is 7.70. The van der Waals surface area contributed by atoms with Gasteiger partial charge in [-0.05, 0) is 56.2 Å². The van der Waals surface area contributed by atoms with Crippen LogP contribution in [0.25, 0.3) is 0 Å². The first-order valence-corrected chi connectivity index (χ1v) is 11.2. The summed E-state index contributed by atoms with van der Waals surface area (Å²) < 4.78 is 0. The van der Waals surface area contributed by atoms with E-state index in [0.717, 1.165) is 34.7 Å². The summed E-state index contributed by atoms with van der Waals surface area (Å²) in [7, 11) is 0. The zero-order chi connectivity index (χ0) is 21.1. The second kappa shape index (κ2) is 8.88. The van der Waals surface area contributed by atoms with Gasteiger partial charge in [-0.1, -0.05) is 67.1 Å². The maximum absolute atomic E-state index is 12.9. The molecule has 0 saturated heterocycles. The Morgan fingerprint density at radius 1 is 1.03 bits per heavy atom. The highest BCUT2D eigenvalue weighted by atomic mass is 32.2. The lowest BCUT2D eigenvalue weighted by molar-refractivity contribution is 0.0940. The number of hydrogen-bond acceptors (Lipinski definition) is 3. The minimum Gasteiger partial charge on any atom is -0.346 e. The number of carbonyl (C=O) groups is 1. The molecule has 30 heavy (non-hydrogen) atoms. The molecule has 0 spiro atoms. The molecule has 1 aliphatic rings. The molecule has 4 heteroatoms. The predicted molar refractivity (Wildman–Crippen MR) is 125 cm³/mol. The number of aryl methyl sites for hydroxylation is 1. The number of nitrogens with zero attached hydrogens (tertiary/aromatic N) is 1. The minimum atomic E-state index is -0.0796. The number of amides is 1. The SMILES string of the molecule is CCCC1=Nc2cc(C(=O)N[C@H](C)c3ccccc3)ccc2Sc2ccc(C)cc21. The molecule has 3 aromatic rings. The molecule has 0 radical (unpaired) electrons. The number of fused-ring (bicyclic) bond motifs is 2. The van der Waals surface area contributed by atoms with Gasteiger partial charge in [0.05, 0.1) is 11.7 Å². The van der Waals surface area contributed by atoms with Gasteiger partial charge < -0.3 is 5.32 Å². The Morgan fingerprint density at radius 3 is 2.57 bits per heavy atom. The number of hydrogen-bond donors (Lipinski definition) is 1. The van der Waals surface area contributed by atoms with Crippen LogP contribution in [0.5, 0.6) is 0 Å². The van der Waals surface area contributed by atoms with E-state index in [0.29, 0.717) is 5.56 Å². The van der Waals surface area contributed by atoms with E-state index in [2.05, 4.69) is 37.4 Å². The summed E-state index contributed by atoms with van der Waals surface area (Å²) in [6.45, 7) is 6.29. The van der Waals surface area contributed by atoms with Crippen LogP contribution < -0.4 is 5.32 Å². The molecule has 4 rings (SSSR count). The number of aliphatic imine (C=N–C) groups is 1. The van der Waals surface area contributed by atoms with Gasteiger partial charge in [-0.25, -0.2) is 0 Å². The first-order valence-electron chi connectivity index (χ1n) is 10.4. The first kappa shape index (κ1) is 20.4. The molecule has 0 bridgehead atoms. The maximum atomic E-state index is 12.9. The van der Waals surface area contributed by atoms with Gasteiger partial charge in [0.1, 0.15) is 0 Å². The normalized spacial score (nSPS) is 13.5. The van der Waals surface area contributed by atoms with Crippen LogP contribution >= 0.6 is 11.8 Å². The molecule has 3 nitrogen and oxygen atoms in total.